The van der Waals surface area contributed by atoms with E-state index in [0.29, 0.717) is 5.75 Å². The van der Waals surface area contributed by atoms with Gasteiger partial charge >= 0.3 is 5.97 Å². The van der Waals surface area contributed by atoms with Gasteiger partial charge in [0.05, 0.1) is 23.6 Å². The summed E-state index contributed by atoms with van der Waals surface area (Å²) in [6.07, 6.45) is 0.0610. The van der Waals surface area contributed by atoms with E-state index in [0.717, 1.165) is 0 Å². The Morgan fingerprint density at radius 2 is 2.24 bits per heavy atom. The molecule has 0 bridgehead atoms. The van der Waals surface area contributed by atoms with Crippen molar-refractivity contribution >= 4 is 27.6 Å². The van der Waals surface area contributed by atoms with Gasteiger partial charge in [-0.1, -0.05) is 11.6 Å². The lowest BCUT2D eigenvalue weighted by molar-refractivity contribution is -0.144. The van der Waals surface area contributed by atoms with Gasteiger partial charge in [-0.05, 0) is 18.2 Å². The van der Waals surface area contributed by atoms with Gasteiger partial charge in [0.1, 0.15) is 5.75 Å². The van der Waals surface area contributed by atoms with Gasteiger partial charge in [0.15, 0.2) is 5.54 Å². The molecule has 0 amide bonds. The summed E-state index contributed by atoms with van der Waals surface area (Å²) >= 11 is 5.89. The van der Waals surface area contributed by atoms with Crippen molar-refractivity contribution in [3.63, 3.8) is 0 Å². The lowest BCUT2D eigenvalue weighted by atomic mass is 10.0. The number of hydrogen-bond donors (Lipinski definition) is 2. The predicted molar refractivity (Wildman–Crippen MR) is 74.1 cm³/mol. The number of aliphatic carboxylic acids is 1. The summed E-state index contributed by atoms with van der Waals surface area (Å²) in [6.45, 7) is -0.0381. The Kier molecular flexibility index (Phi) is 4.43. The van der Waals surface area contributed by atoms with Crippen LogP contribution in [0, 0.1) is 0 Å². The molecule has 1 aliphatic rings. The Morgan fingerprint density at radius 3 is 2.71 bits per heavy atom. The second-order valence-electron chi connectivity index (χ2n) is 4.59. The summed E-state index contributed by atoms with van der Waals surface area (Å²) in [7, 11) is -2.64. The molecular formula is C12H14ClNO6S. The van der Waals surface area contributed by atoms with E-state index in [1.165, 1.54) is 25.3 Å². The van der Waals surface area contributed by atoms with Crippen molar-refractivity contribution in [1.29, 1.82) is 0 Å². The first-order valence-corrected chi connectivity index (χ1v) is 7.85. The number of benzene rings is 1. The van der Waals surface area contributed by atoms with E-state index in [9.17, 15) is 18.3 Å². The van der Waals surface area contributed by atoms with Crippen LogP contribution in [0.2, 0.25) is 5.02 Å². The number of carbonyl (C=O) groups is 1. The largest absolute Gasteiger partial charge is 0.495 e. The van der Waals surface area contributed by atoms with Crippen molar-refractivity contribution in [1.82, 2.24) is 4.72 Å². The third-order valence-corrected chi connectivity index (χ3v) is 5.02. The quantitative estimate of drug-likeness (QED) is 0.828. The number of ether oxygens (including phenoxy) is 2. The van der Waals surface area contributed by atoms with Crippen molar-refractivity contribution in [2.45, 2.75) is 16.9 Å². The number of halogens is 1. The minimum absolute atomic E-state index is 0.0610. The van der Waals surface area contributed by atoms with Crippen molar-refractivity contribution in [2.24, 2.45) is 0 Å². The maximum absolute atomic E-state index is 12.3. The van der Waals surface area contributed by atoms with Crippen molar-refractivity contribution in [2.75, 3.05) is 20.3 Å². The minimum atomic E-state index is -4.05. The van der Waals surface area contributed by atoms with Crippen LogP contribution in [0.25, 0.3) is 0 Å². The van der Waals surface area contributed by atoms with Crippen LogP contribution >= 0.6 is 11.6 Å². The van der Waals surface area contributed by atoms with Crippen LogP contribution in [0.15, 0.2) is 23.1 Å². The van der Waals surface area contributed by atoms with Gasteiger partial charge in [0.2, 0.25) is 10.0 Å². The topological polar surface area (TPSA) is 102 Å². The number of carboxylic acid groups (broad SMARTS) is 1. The molecule has 1 fully saturated rings. The van der Waals surface area contributed by atoms with E-state index in [1.807, 2.05) is 0 Å². The number of sulfonamides is 1. The fourth-order valence-corrected chi connectivity index (χ4v) is 3.71. The molecular weight excluding hydrogens is 322 g/mol. The zero-order valence-electron chi connectivity index (χ0n) is 11.1. The van der Waals surface area contributed by atoms with Gasteiger partial charge in [-0.25, -0.2) is 8.42 Å². The summed E-state index contributed by atoms with van der Waals surface area (Å²) in [5.41, 5.74) is -1.65. The van der Waals surface area contributed by atoms with Crippen molar-refractivity contribution < 1.29 is 27.8 Å². The maximum Gasteiger partial charge on any atom is 0.327 e. The molecule has 2 N–H and O–H groups in total. The van der Waals surface area contributed by atoms with Gasteiger partial charge in [-0.3, -0.25) is 4.79 Å². The second-order valence-corrected chi connectivity index (χ2v) is 6.68. The molecule has 1 saturated heterocycles. The third-order valence-electron chi connectivity index (χ3n) is 3.19. The highest BCUT2D eigenvalue weighted by atomic mass is 35.5. The molecule has 116 valence electrons. The van der Waals surface area contributed by atoms with Gasteiger partial charge in [-0.15, -0.1) is 0 Å². The molecule has 0 aromatic heterocycles. The van der Waals surface area contributed by atoms with Crippen molar-refractivity contribution in [3.05, 3.63) is 23.2 Å². The molecule has 0 spiro atoms. The molecule has 1 heterocycles. The zero-order chi connectivity index (χ0) is 15.7. The van der Waals surface area contributed by atoms with Crippen LogP contribution in [0.5, 0.6) is 5.75 Å². The average molecular weight is 336 g/mol. The first-order chi connectivity index (χ1) is 9.81. The summed E-state index contributed by atoms with van der Waals surface area (Å²) in [6, 6.07) is 3.89. The van der Waals surface area contributed by atoms with Crippen LogP contribution in [0.1, 0.15) is 6.42 Å². The number of rotatable bonds is 5. The second kappa shape index (κ2) is 5.80. The zero-order valence-corrected chi connectivity index (χ0v) is 12.7. The van der Waals surface area contributed by atoms with Gasteiger partial charge < -0.3 is 14.6 Å². The fraction of sp³-hybridized carbons (Fsp3) is 0.417. The van der Waals surface area contributed by atoms with E-state index >= 15 is 0 Å². The van der Waals surface area contributed by atoms with Crippen LogP contribution in [-0.4, -0.2) is 45.4 Å². The Bertz CT molecular complexity index is 654. The van der Waals surface area contributed by atoms with Crippen LogP contribution in [-0.2, 0) is 19.6 Å². The molecule has 9 heteroatoms. The van der Waals surface area contributed by atoms with E-state index in [1.54, 1.807) is 0 Å². The predicted octanol–water partition coefficient (Wildman–Crippen LogP) is 0.871. The Labute approximate surface area is 126 Å². The Balaban J connectivity index is 2.34. The van der Waals surface area contributed by atoms with Crippen LogP contribution < -0.4 is 9.46 Å². The van der Waals surface area contributed by atoms with Crippen LogP contribution in [0.4, 0.5) is 0 Å². The molecule has 7 nitrogen and oxygen atoms in total. The molecule has 1 atom stereocenters. The third kappa shape index (κ3) is 3.13. The molecule has 0 aliphatic carbocycles. The first kappa shape index (κ1) is 16.0. The molecule has 0 saturated carbocycles. The number of methoxy groups -OCH3 is 1. The Hall–Kier alpha value is -1.35. The average Bonchev–Trinajstić information content (AvgIpc) is 2.87. The van der Waals surface area contributed by atoms with E-state index in [4.69, 9.17) is 21.1 Å². The summed E-state index contributed by atoms with van der Waals surface area (Å²) in [5, 5.41) is 9.38. The molecule has 21 heavy (non-hydrogen) atoms. The Morgan fingerprint density at radius 1 is 1.52 bits per heavy atom. The molecule has 2 rings (SSSR count). The number of hydrogen-bond acceptors (Lipinski definition) is 5. The maximum atomic E-state index is 12.3. The first-order valence-electron chi connectivity index (χ1n) is 5.99. The summed E-state index contributed by atoms with van der Waals surface area (Å²) in [4.78, 5) is 11.2. The SMILES string of the molecule is COc1ccc(S(=O)(=O)NC2(C(=O)O)CCOC2)cc1Cl. The van der Waals surface area contributed by atoms with Gasteiger partial charge in [0.25, 0.3) is 0 Å². The minimum Gasteiger partial charge on any atom is -0.495 e. The summed E-state index contributed by atoms with van der Waals surface area (Å²) < 4.78 is 36.8. The van der Waals surface area contributed by atoms with Gasteiger partial charge in [0, 0.05) is 13.0 Å². The van der Waals surface area contributed by atoms with E-state index in [-0.39, 0.29) is 29.6 Å². The molecule has 1 aromatic carbocycles. The number of carboxylic acids is 1. The molecule has 1 aromatic rings. The monoisotopic (exact) mass is 335 g/mol. The molecule has 1 aliphatic heterocycles. The van der Waals surface area contributed by atoms with Crippen LogP contribution in [0.3, 0.4) is 0 Å². The fourth-order valence-electron chi connectivity index (χ4n) is 1.99. The van der Waals surface area contributed by atoms with Crippen molar-refractivity contribution in [3.8, 4) is 5.75 Å². The molecule has 0 radical (unpaired) electrons. The lowest BCUT2D eigenvalue weighted by Gasteiger charge is -2.23. The highest BCUT2D eigenvalue weighted by Crippen LogP contribution is 2.28. The number of nitrogens with one attached hydrogen (secondary N) is 1. The normalized spacial score (nSPS) is 22.2. The smallest absolute Gasteiger partial charge is 0.327 e. The highest BCUT2D eigenvalue weighted by molar-refractivity contribution is 7.89. The highest BCUT2D eigenvalue weighted by Gasteiger charge is 2.46. The summed E-state index contributed by atoms with van der Waals surface area (Å²) in [5.74, 6) is -0.948. The van der Waals surface area contributed by atoms with E-state index < -0.39 is 21.5 Å². The standard InChI is InChI=1S/C12H14ClNO6S/c1-19-10-3-2-8(6-9(10)13)21(17,18)14-12(11(15)16)4-5-20-7-12/h2-3,6,14H,4-5,7H2,1H3,(H,15,16). The van der Waals surface area contributed by atoms with E-state index in [2.05, 4.69) is 4.72 Å². The lowest BCUT2D eigenvalue weighted by Crippen LogP contribution is -2.54. The molecule has 1 unspecified atom stereocenters. The van der Waals surface area contributed by atoms with Gasteiger partial charge in [-0.2, -0.15) is 4.72 Å².